The van der Waals surface area contributed by atoms with Crippen molar-refractivity contribution in [3.63, 3.8) is 0 Å². The minimum Gasteiger partial charge on any atom is -0.250 e. The standard InChI is InChI=1S/C15H12FN3/c1-8-10-6-9-4-3-5-12(16)13(9)14(10)18-15-11(8)7-17-19(15)2/h3-5,7H,6H2,1-2H3. The number of hydrogen-bond donors (Lipinski definition) is 0. The lowest BCUT2D eigenvalue weighted by atomic mass is 10.1. The van der Waals surface area contributed by atoms with E-state index >= 15 is 0 Å². The third kappa shape index (κ3) is 1.26. The van der Waals surface area contributed by atoms with Gasteiger partial charge < -0.3 is 0 Å². The third-order valence-electron chi connectivity index (χ3n) is 3.97. The summed E-state index contributed by atoms with van der Waals surface area (Å²) in [5, 5.41) is 5.29. The molecule has 3 nitrogen and oxygen atoms in total. The maximum atomic E-state index is 14.1. The molecule has 19 heavy (non-hydrogen) atoms. The second-order valence-electron chi connectivity index (χ2n) is 5.02. The molecule has 3 aromatic rings. The Kier molecular flexibility index (Phi) is 1.91. The van der Waals surface area contributed by atoms with Crippen LogP contribution in [-0.4, -0.2) is 14.8 Å². The lowest BCUT2D eigenvalue weighted by molar-refractivity contribution is 0.630. The van der Waals surface area contributed by atoms with Gasteiger partial charge in [0.05, 0.1) is 11.9 Å². The van der Waals surface area contributed by atoms with Crippen LogP contribution in [-0.2, 0) is 13.5 Å². The van der Waals surface area contributed by atoms with Crippen molar-refractivity contribution in [3.8, 4) is 11.3 Å². The number of pyridine rings is 1. The van der Waals surface area contributed by atoms with E-state index in [4.69, 9.17) is 0 Å². The average molecular weight is 253 g/mol. The third-order valence-corrected chi connectivity index (χ3v) is 3.97. The van der Waals surface area contributed by atoms with Crippen molar-refractivity contribution in [2.45, 2.75) is 13.3 Å². The number of rotatable bonds is 0. The van der Waals surface area contributed by atoms with Gasteiger partial charge in [-0.15, -0.1) is 0 Å². The van der Waals surface area contributed by atoms with Gasteiger partial charge in [0.15, 0.2) is 5.65 Å². The molecule has 0 amide bonds. The van der Waals surface area contributed by atoms with Gasteiger partial charge in [-0.2, -0.15) is 5.10 Å². The van der Waals surface area contributed by atoms with Crippen molar-refractivity contribution >= 4 is 11.0 Å². The Balaban J connectivity index is 2.15. The lowest BCUT2D eigenvalue weighted by Gasteiger charge is -2.06. The highest BCUT2D eigenvalue weighted by Crippen LogP contribution is 2.40. The van der Waals surface area contributed by atoms with Crippen LogP contribution in [0.3, 0.4) is 0 Å². The lowest BCUT2D eigenvalue weighted by Crippen LogP contribution is -1.96. The molecule has 1 aliphatic rings. The zero-order chi connectivity index (χ0) is 13.1. The first kappa shape index (κ1) is 10.7. The van der Waals surface area contributed by atoms with Crippen LogP contribution < -0.4 is 0 Å². The molecular weight excluding hydrogens is 241 g/mol. The molecule has 1 aromatic carbocycles. The van der Waals surface area contributed by atoms with Crippen LogP contribution in [0.2, 0.25) is 0 Å². The van der Waals surface area contributed by atoms with Crippen molar-refractivity contribution in [1.82, 2.24) is 14.8 Å². The van der Waals surface area contributed by atoms with E-state index < -0.39 is 0 Å². The summed E-state index contributed by atoms with van der Waals surface area (Å²) in [6, 6.07) is 5.23. The van der Waals surface area contributed by atoms with Gasteiger partial charge in [-0.05, 0) is 29.7 Å². The van der Waals surface area contributed by atoms with Crippen LogP contribution >= 0.6 is 0 Å². The first-order chi connectivity index (χ1) is 9.16. The van der Waals surface area contributed by atoms with Crippen molar-refractivity contribution in [1.29, 1.82) is 0 Å². The van der Waals surface area contributed by atoms with Crippen LogP contribution in [0, 0.1) is 12.7 Å². The minimum atomic E-state index is -0.190. The molecule has 0 saturated heterocycles. The van der Waals surface area contributed by atoms with E-state index in [-0.39, 0.29) is 5.82 Å². The first-order valence-corrected chi connectivity index (χ1v) is 6.26. The summed E-state index contributed by atoms with van der Waals surface area (Å²) in [5.74, 6) is -0.190. The largest absolute Gasteiger partial charge is 0.250 e. The SMILES string of the molecule is Cc1c2c(nc3c1cnn3C)-c1c(F)cccc1C2. The minimum absolute atomic E-state index is 0.190. The molecule has 0 saturated carbocycles. The second kappa shape index (κ2) is 3.41. The highest BCUT2D eigenvalue weighted by molar-refractivity contribution is 5.87. The smallest absolute Gasteiger partial charge is 0.158 e. The van der Waals surface area contributed by atoms with Gasteiger partial charge in [0.1, 0.15) is 5.82 Å². The van der Waals surface area contributed by atoms with Crippen LogP contribution in [0.1, 0.15) is 16.7 Å². The van der Waals surface area contributed by atoms with E-state index in [0.29, 0.717) is 5.56 Å². The van der Waals surface area contributed by atoms with Crippen LogP contribution in [0.5, 0.6) is 0 Å². The number of hydrogen-bond acceptors (Lipinski definition) is 2. The van der Waals surface area contributed by atoms with Crippen LogP contribution in [0.25, 0.3) is 22.3 Å². The zero-order valence-electron chi connectivity index (χ0n) is 10.7. The van der Waals surface area contributed by atoms with Gasteiger partial charge in [0.25, 0.3) is 0 Å². The highest BCUT2D eigenvalue weighted by Gasteiger charge is 2.26. The Labute approximate surface area is 109 Å². The molecule has 2 aromatic heterocycles. The Morgan fingerprint density at radius 1 is 1.32 bits per heavy atom. The number of aryl methyl sites for hydroxylation is 2. The number of halogens is 1. The molecule has 1 aliphatic carbocycles. The fourth-order valence-corrected chi connectivity index (χ4v) is 2.94. The van der Waals surface area contributed by atoms with E-state index in [1.54, 1.807) is 10.7 Å². The van der Waals surface area contributed by atoms with Gasteiger partial charge in [0, 0.05) is 24.4 Å². The van der Waals surface area contributed by atoms with Crippen LogP contribution in [0.15, 0.2) is 24.4 Å². The van der Waals surface area contributed by atoms with Gasteiger partial charge in [0.2, 0.25) is 0 Å². The maximum Gasteiger partial charge on any atom is 0.158 e. The van der Waals surface area contributed by atoms with Crippen molar-refractivity contribution in [2.75, 3.05) is 0 Å². The summed E-state index contributed by atoms with van der Waals surface area (Å²) >= 11 is 0. The normalized spacial score (nSPS) is 12.8. The fraction of sp³-hybridized carbons (Fsp3) is 0.200. The molecule has 0 N–H and O–H groups in total. The fourth-order valence-electron chi connectivity index (χ4n) is 2.94. The van der Waals surface area contributed by atoms with Crippen LogP contribution in [0.4, 0.5) is 4.39 Å². The summed E-state index contributed by atoms with van der Waals surface area (Å²) in [6.45, 7) is 2.06. The Hall–Kier alpha value is -2.23. The van der Waals surface area contributed by atoms with Gasteiger partial charge >= 0.3 is 0 Å². The summed E-state index contributed by atoms with van der Waals surface area (Å²) in [4.78, 5) is 4.64. The van der Waals surface area contributed by atoms with Gasteiger partial charge in [-0.1, -0.05) is 12.1 Å². The molecular formula is C15H12FN3. The number of nitrogens with zero attached hydrogens (tertiary/aromatic N) is 3. The summed E-state index contributed by atoms with van der Waals surface area (Å²) < 4.78 is 15.8. The topological polar surface area (TPSA) is 30.7 Å². The second-order valence-corrected chi connectivity index (χ2v) is 5.02. The molecule has 0 radical (unpaired) electrons. The predicted molar refractivity (Wildman–Crippen MR) is 71.4 cm³/mol. The summed E-state index contributed by atoms with van der Waals surface area (Å²) in [7, 11) is 1.86. The summed E-state index contributed by atoms with van der Waals surface area (Å²) in [5.41, 5.74) is 5.55. The van der Waals surface area contributed by atoms with E-state index in [1.807, 2.05) is 19.3 Å². The Bertz CT molecular complexity index is 833. The molecule has 4 rings (SSSR count). The number of benzene rings is 1. The van der Waals surface area contributed by atoms with E-state index in [9.17, 15) is 4.39 Å². The molecule has 0 fully saturated rings. The predicted octanol–water partition coefficient (Wildman–Crippen LogP) is 2.99. The molecule has 0 bridgehead atoms. The van der Waals surface area contributed by atoms with Crippen molar-refractivity contribution in [3.05, 3.63) is 46.9 Å². The average Bonchev–Trinajstić information content (AvgIpc) is 2.93. The molecule has 0 spiro atoms. The van der Waals surface area contributed by atoms with E-state index in [2.05, 4.69) is 17.0 Å². The molecule has 0 aliphatic heterocycles. The Morgan fingerprint density at radius 3 is 3.00 bits per heavy atom. The van der Waals surface area contributed by atoms with E-state index in [0.717, 1.165) is 39.8 Å². The number of fused-ring (bicyclic) bond motifs is 4. The van der Waals surface area contributed by atoms with Gasteiger partial charge in [-0.3, -0.25) is 4.68 Å². The van der Waals surface area contributed by atoms with Crippen molar-refractivity contribution in [2.24, 2.45) is 7.05 Å². The molecule has 94 valence electrons. The monoisotopic (exact) mass is 253 g/mol. The molecule has 4 heteroatoms. The first-order valence-electron chi connectivity index (χ1n) is 6.26. The maximum absolute atomic E-state index is 14.1. The molecule has 0 unspecified atom stereocenters. The van der Waals surface area contributed by atoms with Crippen molar-refractivity contribution < 1.29 is 4.39 Å². The van der Waals surface area contributed by atoms with Gasteiger partial charge in [-0.25, -0.2) is 9.37 Å². The van der Waals surface area contributed by atoms with E-state index in [1.165, 1.54) is 6.07 Å². The molecule has 0 atom stereocenters. The highest BCUT2D eigenvalue weighted by atomic mass is 19.1. The molecule has 2 heterocycles. The summed E-state index contributed by atoms with van der Waals surface area (Å²) in [6.07, 6.45) is 2.59. The number of aromatic nitrogens is 3. The Morgan fingerprint density at radius 2 is 2.16 bits per heavy atom. The zero-order valence-corrected chi connectivity index (χ0v) is 10.7. The quantitative estimate of drug-likeness (QED) is 0.482.